The molecule has 1 aromatic heterocycles. The number of piperidine rings is 1. The van der Waals surface area contributed by atoms with Crippen molar-refractivity contribution in [3.8, 4) is 11.1 Å². The van der Waals surface area contributed by atoms with E-state index >= 15 is 0 Å². The van der Waals surface area contributed by atoms with Crippen molar-refractivity contribution in [3.63, 3.8) is 0 Å². The van der Waals surface area contributed by atoms with Gasteiger partial charge in [0.1, 0.15) is 11.8 Å². The lowest BCUT2D eigenvalue weighted by molar-refractivity contribution is 0.0539. The zero-order chi connectivity index (χ0) is 30.9. The quantitative estimate of drug-likeness (QED) is 0.373. The van der Waals surface area contributed by atoms with Crippen LogP contribution >= 0.6 is 0 Å². The summed E-state index contributed by atoms with van der Waals surface area (Å²) in [5.74, 6) is -0.128. The number of piperazine rings is 1. The molecule has 0 unspecified atom stereocenters. The number of nitrogens with one attached hydrogen (secondary N) is 1. The van der Waals surface area contributed by atoms with Crippen molar-refractivity contribution >= 4 is 23.8 Å². The number of likely N-dealkylation sites (tertiary alicyclic amines) is 1. The van der Waals surface area contributed by atoms with E-state index in [2.05, 4.69) is 20.1 Å². The Morgan fingerprint density at radius 3 is 2.30 bits per heavy atom. The first-order valence-corrected chi connectivity index (χ1v) is 15.1. The predicted molar refractivity (Wildman–Crippen MR) is 168 cm³/mol. The fourth-order valence-electron chi connectivity index (χ4n) is 5.59. The normalized spacial score (nSPS) is 16.3. The maximum Gasteiger partial charge on any atom is 0.411 e. The SMILES string of the molecule is CN(CCN1CCC(OC(=O)Nc2ccccc2-c2ccccc2)CC1)C(=O)c1ccc(CN2CCN(C(=O)O)CC2)cn1. The molecule has 2 N–H and O–H groups in total. The first-order chi connectivity index (χ1) is 21.4. The Balaban J connectivity index is 1.01. The molecule has 5 rings (SSSR count). The van der Waals surface area contributed by atoms with Gasteiger partial charge in [-0.05, 0) is 36.1 Å². The van der Waals surface area contributed by atoms with Gasteiger partial charge in [0.25, 0.3) is 5.91 Å². The van der Waals surface area contributed by atoms with Gasteiger partial charge >= 0.3 is 12.2 Å². The topological polar surface area (TPSA) is 119 Å². The molecule has 2 saturated heterocycles. The monoisotopic (exact) mass is 600 g/mol. The van der Waals surface area contributed by atoms with E-state index in [0.29, 0.717) is 50.6 Å². The van der Waals surface area contributed by atoms with Gasteiger partial charge in [0.05, 0.1) is 5.69 Å². The van der Waals surface area contributed by atoms with Crippen LogP contribution in [0.4, 0.5) is 15.3 Å². The van der Waals surface area contributed by atoms with Crippen molar-refractivity contribution in [1.82, 2.24) is 24.6 Å². The largest absolute Gasteiger partial charge is 0.465 e. The second-order valence-electron chi connectivity index (χ2n) is 11.3. The van der Waals surface area contributed by atoms with E-state index in [4.69, 9.17) is 9.84 Å². The summed E-state index contributed by atoms with van der Waals surface area (Å²) in [6.45, 7) is 5.88. The summed E-state index contributed by atoms with van der Waals surface area (Å²) in [6.07, 6.45) is 1.72. The first kappa shape index (κ1) is 31.0. The Hall–Kier alpha value is -4.48. The third-order valence-electron chi connectivity index (χ3n) is 8.25. The number of carbonyl (C=O) groups excluding carboxylic acids is 2. The summed E-state index contributed by atoms with van der Waals surface area (Å²) >= 11 is 0. The Morgan fingerprint density at radius 1 is 0.909 bits per heavy atom. The minimum absolute atomic E-state index is 0.128. The van der Waals surface area contributed by atoms with Crippen molar-refractivity contribution in [2.45, 2.75) is 25.5 Å². The minimum atomic E-state index is -0.877. The lowest BCUT2D eigenvalue weighted by Crippen LogP contribution is -2.47. The molecule has 11 nitrogen and oxygen atoms in total. The van der Waals surface area contributed by atoms with E-state index in [0.717, 1.165) is 49.2 Å². The van der Waals surface area contributed by atoms with Gasteiger partial charge in [0.2, 0.25) is 0 Å². The highest BCUT2D eigenvalue weighted by Gasteiger charge is 2.24. The zero-order valence-electron chi connectivity index (χ0n) is 25.1. The molecule has 2 aliphatic heterocycles. The van der Waals surface area contributed by atoms with Crippen LogP contribution in [-0.2, 0) is 11.3 Å². The molecule has 3 heterocycles. The zero-order valence-corrected chi connectivity index (χ0v) is 25.1. The summed E-state index contributed by atoms with van der Waals surface area (Å²) in [6, 6.07) is 21.3. The maximum atomic E-state index is 13.0. The standard InChI is InChI=1S/C33H40N6O5/c1-36(31(40)30-12-11-25(23-34-30)24-38-19-21-39(22-20-38)33(42)43)17-18-37-15-13-27(14-16-37)44-32(41)35-29-10-6-5-9-28(29)26-7-3-2-4-8-26/h2-12,23,27H,13-22,24H2,1H3,(H,35,41)(H,42,43). The van der Waals surface area contributed by atoms with E-state index in [-0.39, 0.29) is 12.0 Å². The molecule has 2 fully saturated rings. The Bertz CT molecular complexity index is 1400. The molecule has 44 heavy (non-hydrogen) atoms. The van der Waals surface area contributed by atoms with Crippen LogP contribution in [0.5, 0.6) is 0 Å². The van der Waals surface area contributed by atoms with E-state index in [9.17, 15) is 14.4 Å². The van der Waals surface area contributed by atoms with Crippen LogP contribution in [0.3, 0.4) is 0 Å². The van der Waals surface area contributed by atoms with Gasteiger partial charge < -0.3 is 24.5 Å². The van der Waals surface area contributed by atoms with Crippen LogP contribution in [0.1, 0.15) is 28.9 Å². The van der Waals surface area contributed by atoms with Gasteiger partial charge in [-0.3, -0.25) is 20.0 Å². The molecule has 2 aliphatic rings. The third kappa shape index (κ3) is 8.33. The number of nitrogens with zero attached hydrogens (tertiary/aromatic N) is 5. The number of para-hydroxylation sites is 1. The maximum absolute atomic E-state index is 13.0. The molecule has 0 aliphatic carbocycles. The highest BCUT2D eigenvalue weighted by Crippen LogP contribution is 2.28. The van der Waals surface area contributed by atoms with Gasteiger partial charge in [0, 0.05) is 77.7 Å². The van der Waals surface area contributed by atoms with E-state index in [1.807, 2.05) is 60.7 Å². The number of ether oxygens (including phenoxy) is 1. The minimum Gasteiger partial charge on any atom is -0.465 e. The Morgan fingerprint density at radius 2 is 1.61 bits per heavy atom. The number of hydrogen-bond donors (Lipinski definition) is 2. The number of rotatable bonds is 9. The average Bonchev–Trinajstić information content (AvgIpc) is 3.05. The fourth-order valence-corrected chi connectivity index (χ4v) is 5.59. The predicted octanol–water partition coefficient (Wildman–Crippen LogP) is 4.33. The summed E-state index contributed by atoms with van der Waals surface area (Å²) in [7, 11) is 1.79. The lowest BCUT2D eigenvalue weighted by Gasteiger charge is -2.33. The number of carbonyl (C=O) groups is 3. The van der Waals surface area contributed by atoms with Crippen LogP contribution in [0.25, 0.3) is 11.1 Å². The van der Waals surface area contributed by atoms with Gasteiger partial charge in [-0.25, -0.2) is 9.59 Å². The lowest BCUT2D eigenvalue weighted by atomic mass is 10.0. The van der Waals surface area contributed by atoms with Crippen LogP contribution in [0.2, 0.25) is 0 Å². The molecule has 0 bridgehead atoms. The first-order valence-electron chi connectivity index (χ1n) is 15.1. The highest BCUT2D eigenvalue weighted by molar-refractivity contribution is 5.92. The second-order valence-corrected chi connectivity index (χ2v) is 11.3. The number of carboxylic acid groups (broad SMARTS) is 1. The molecule has 3 aromatic rings. The fraction of sp³-hybridized carbons (Fsp3) is 0.394. The number of anilines is 1. The van der Waals surface area contributed by atoms with Crippen LogP contribution in [0, 0.1) is 0 Å². The van der Waals surface area contributed by atoms with Crippen LogP contribution < -0.4 is 5.32 Å². The van der Waals surface area contributed by atoms with Gasteiger partial charge in [-0.2, -0.15) is 0 Å². The summed E-state index contributed by atoms with van der Waals surface area (Å²) in [5, 5.41) is 12.0. The molecule has 11 heteroatoms. The summed E-state index contributed by atoms with van der Waals surface area (Å²) in [4.78, 5) is 48.8. The molecular weight excluding hydrogens is 560 g/mol. The van der Waals surface area contributed by atoms with Gasteiger partial charge in [-0.1, -0.05) is 54.6 Å². The molecular formula is C33H40N6O5. The molecule has 232 valence electrons. The van der Waals surface area contributed by atoms with Gasteiger partial charge in [-0.15, -0.1) is 0 Å². The number of likely N-dealkylation sites (N-methyl/N-ethyl adjacent to an activating group) is 1. The van der Waals surface area contributed by atoms with Crippen LogP contribution in [-0.4, -0.2) is 113 Å². The third-order valence-corrected chi connectivity index (χ3v) is 8.25. The summed E-state index contributed by atoms with van der Waals surface area (Å²) < 4.78 is 5.75. The smallest absolute Gasteiger partial charge is 0.411 e. The Kier molecular flexibility index (Phi) is 10.4. The number of benzene rings is 2. The molecule has 0 radical (unpaired) electrons. The number of pyridine rings is 1. The second kappa shape index (κ2) is 14.8. The van der Waals surface area contributed by atoms with E-state index < -0.39 is 12.2 Å². The molecule has 2 aromatic carbocycles. The van der Waals surface area contributed by atoms with Gasteiger partial charge in [0.15, 0.2) is 0 Å². The number of aromatic nitrogens is 1. The van der Waals surface area contributed by atoms with Crippen molar-refractivity contribution in [3.05, 3.63) is 84.2 Å². The molecule has 0 atom stereocenters. The molecule has 0 spiro atoms. The van der Waals surface area contributed by atoms with E-state index in [1.54, 1.807) is 24.2 Å². The van der Waals surface area contributed by atoms with Crippen molar-refractivity contribution in [1.29, 1.82) is 0 Å². The van der Waals surface area contributed by atoms with Crippen LogP contribution in [0.15, 0.2) is 72.9 Å². The van der Waals surface area contributed by atoms with Crippen molar-refractivity contribution in [2.24, 2.45) is 0 Å². The van der Waals surface area contributed by atoms with E-state index in [1.165, 1.54) is 4.90 Å². The average molecular weight is 601 g/mol. The Labute approximate surface area is 258 Å². The number of amides is 3. The van der Waals surface area contributed by atoms with Crippen molar-refractivity contribution < 1.29 is 24.2 Å². The number of hydrogen-bond acceptors (Lipinski definition) is 7. The summed E-state index contributed by atoms with van der Waals surface area (Å²) in [5.41, 5.74) is 4.08. The molecule has 3 amide bonds. The highest BCUT2D eigenvalue weighted by atomic mass is 16.6. The molecule has 0 saturated carbocycles. The van der Waals surface area contributed by atoms with Crippen molar-refractivity contribution in [2.75, 3.05) is 64.7 Å².